The van der Waals surface area contributed by atoms with Crippen molar-refractivity contribution >= 4 is 23.3 Å². The van der Waals surface area contributed by atoms with E-state index in [2.05, 4.69) is 9.84 Å². The molecule has 0 saturated carbocycles. The summed E-state index contributed by atoms with van der Waals surface area (Å²) in [5.41, 5.74) is -1.36. The summed E-state index contributed by atoms with van der Waals surface area (Å²) >= 11 is 6.00. The van der Waals surface area contributed by atoms with Crippen molar-refractivity contribution in [3.63, 3.8) is 0 Å². The third kappa shape index (κ3) is 5.25. The van der Waals surface area contributed by atoms with Gasteiger partial charge in [0.2, 0.25) is 0 Å². The maximum atomic E-state index is 12.9. The molecule has 160 valence electrons. The molecule has 0 aliphatic rings. The number of nitrogens with zero attached hydrogens (tertiary/aromatic N) is 2. The van der Waals surface area contributed by atoms with E-state index in [4.69, 9.17) is 16.7 Å². The van der Waals surface area contributed by atoms with Crippen LogP contribution in [0, 0.1) is 0 Å². The van der Waals surface area contributed by atoms with Crippen LogP contribution in [0.3, 0.4) is 0 Å². The smallest absolute Gasteiger partial charge is 0.476 e. The maximum absolute atomic E-state index is 12.9. The number of nitrogens with one attached hydrogen (secondary N) is 1. The Morgan fingerprint density at radius 3 is 2.41 bits per heavy atom. The molecule has 0 fully saturated rings. The fourth-order valence-corrected chi connectivity index (χ4v) is 2.73. The van der Waals surface area contributed by atoms with Crippen molar-refractivity contribution in [2.24, 2.45) is 0 Å². The monoisotopic (exact) mass is 445 g/mol. The van der Waals surface area contributed by atoms with Crippen LogP contribution in [-0.4, -0.2) is 39.4 Å². The van der Waals surface area contributed by atoms with Crippen molar-refractivity contribution in [2.45, 2.75) is 39.0 Å². The largest absolute Gasteiger partial charge is 0.573 e. The number of hydrogen-bond acceptors (Lipinski definition) is 4. The van der Waals surface area contributed by atoms with Crippen molar-refractivity contribution in [1.29, 1.82) is 0 Å². The maximum Gasteiger partial charge on any atom is 0.573 e. The molecule has 0 bridgehead atoms. The molecule has 0 spiro atoms. The number of anilines is 1. The van der Waals surface area contributed by atoms with Crippen LogP contribution in [0.2, 0.25) is 5.02 Å². The molecular weight excluding hydrogens is 432 g/mol. The van der Waals surface area contributed by atoms with Gasteiger partial charge >= 0.3 is 18.5 Å². The summed E-state index contributed by atoms with van der Waals surface area (Å²) < 4.78 is 81.8. The van der Waals surface area contributed by atoms with Gasteiger partial charge in [-0.3, -0.25) is 4.68 Å². The molecule has 2 aromatic rings. The number of aromatic nitrogens is 2. The molecular formula is C16H14ClF6N3O3. The predicted octanol–water partition coefficient (Wildman–Crippen LogP) is 5.18. The Morgan fingerprint density at radius 2 is 1.93 bits per heavy atom. The minimum atomic E-state index is -5.16. The molecule has 2 rings (SSSR count). The highest BCUT2D eigenvalue weighted by molar-refractivity contribution is 6.35. The summed E-state index contributed by atoms with van der Waals surface area (Å²) in [5, 5.41) is 14.5. The Hall–Kier alpha value is -2.63. The Morgan fingerprint density at radius 1 is 1.31 bits per heavy atom. The number of aryl methyl sites for hydroxylation is 1. The van der Waals surface area contributed by atoms with E-state index in [-0.39, 0.29) is 23.5 Å². The van der Waals surface area contributed by atoms with E-state index in [0.29, 0.717) is 0 Å². The number of alkyl halides is 6. The lowest BCUT2D eigenvalue weighted by Crippen LogP contribution is -2.33. The van der Waals surface area contributed by atoms with Crippen LogP contribution in [0.5, 0.6) is 5.75 Å². The van der Waals surface area contributed by atoms with E-state index >= 15 is 0 Å². The molecule has 1 atom stereocenters. The number of carboxylic acid groups (broad SMARTS) is 1. The van der Waals surface area contributed by atoms with E-state index in [1.807, 2.05) is 5.32 Å². The molecule has 1 unspecified atom stereocenters. The van der Waals surface area contributed by atoms with Gasteiger partial charge in [0.15, 0.2) is 5.69 Å². The van der Waals surface area contributed by atoms with E-state index in [0.717, 1.165) is 29.8 Å². The Labute approximate surface area is 165 Å². The highest BCUT2D eigenvalue weighted by Crippen LogP contribution is 2.40. The molecule has 13 heteroatoms. The summed E-state index contributed by atoms with van der Waals surface area (Å²) in [6, 6.07) is 0.794. The summed E-state index contributed by atoms with van der Waals surface area (Å²) in [7, 11) is 0. The highest BCUT2D eigenvalue weighted by Gasteiger charge is 2.37. The molecule has 6 nitrogen and oxygen atoms in total. The lowest BCUT2D eigenvalue weighted by Gasteiger charge is -2.20. The van der Waals surface area contributed by atoms with Gasteiger partial charge in [0.25, 0.3) is 0 Å². The van der Waals surface area contributed by atoms with Gasteiger partial charge in [0.1, 0.15) is 16.8 Å². The first-order valence-corrected chi connectivity index (χ1v) is 8.35. The average Bonchev–Trinajstić information content (AvgIpc) is 2.89. The van der Waals surface area contributed by atoms with Gasteiger partial charge in [-0.2, -0.15) is 18.3 Å². The fourth-order valence-electron chi connectivity index (χ4n) is 2.41. The Kier molecular flexibility index (Phi) is 6.26. The molecule has 0 aliphatic heterocycles. The van der Waals surface area contributed by atoms with Crippen LogP contribution in [-0.2, 0) is 6.54 Å². The Bertz CT molecular complexity index is 911. The molecule has 1 aromatic heterocycles. The third-order valence-corrected chi connectivity index (χ3v) is 4.09. The second-order valence-electron chi connectivity index (χ2n) is 5.80. The predicted molar refractivity (Wildman–Crippen MR) is 91.1 cm³/mol. The van der Waals surface area contributed by atoms with Crippen LogP contribution in [0.1, 0.15) is 24.3 Å². The van der Waals surface area contributed by atoms with Crippen molar-refractivity contribution in [3.8, 4) is 17.0 Å². The second kappa shape index (κ2) is 8.01. The standard InChI is InChI=1S/C16H14ClF6N3O3/c1-3-26-13(11(17)12(25-26)14(27)28)9-5-4-8(24-7(2)15(18,19)20)6-10(9)29-16(21,22)23/h4-7,24H,3H2,1-2H3,(H,27,28). The van der Waals surface area contributed by atoms with E-state index < -0.39 is 41.0 Å². The molecule has 0 amide bonds. The van der Waals surface area contributed by atoms with Crippen molar-refractivity contribution in [2.75, 3.05) is 5.32 Å². The van der Waals surface area contributed by atoms with Crippen LogP contribution < -0.4 is 10.1 Å². The number of carbonyl (C=O) groups is 1. The zero-order valence-corrected chi connectivity index (χ0v) is 15.6. The van der Waals surface area contributed by atoms with Gasteiger partial charge in [0, 0.05) is 23.9 Å². The molecule has 1 heterocycles. The molecule has 2 N–H and O–H groups in total. The van der Waals surface area contributed by atoms with Gasteiger partial charge in [0.05, 0.1) is 5.69 Å². The number of carboxylic acids is 1. The van der Waals surface area contributed by atoms with Crippen LogP contribution >= 0.6 is 11.6 Å². The SMILES string of the molecule is CCn1nc(C(=O)O)c(Cl)c1-c1ccc(NC(C)C(F)(F)F)cc1OC(F)(F)F. The number of halogens is 7. The number of hydrogen-bond donors (Lipinski definition) is 2. The zero-order valence-electron chi connectivity index (χ0n) is 14.8. The first kappa shape index (κ1) is 22.7. The number of benzene rings is 1. The summed E-state index contributed by atoms with van der Waals surface area (Å²) in [6.07, 6.45) is -9.80. The number of ether oxygens (including phenoxy) is 1. The molecule has 0 aliphatic carbocycles. The van der Waals surface area contributed by atoms with Crippen molar-refractivity contribution in [3.05, 3.63) is 28.9 Å². The lowest BCUT2D eigenvalue weighted by molar-refractivity contribution is -0.274. The minimum Gasteiger partial charge on any atom is -0.476 e. The van der Waals surface area contributed by atoms with Crippen molar-refractivity contribution < 1.29 is 41.0 Å². The van der Waals surface area contributed by atoms with Crippen LogP contribution in [0.25, 0.3) is 11.3 Å². The third-order valence-electron chi connectivity index (χ3n) is 3.73. The molecule has 29 heavy (non-hydrogen) atoms. The number of aromatic carboxylic acids is 1. The van der Waals surface area contributed by atoms with Gasteiger partial charge < -0.3 is 15.2 Å². The topological polar surface area (TPSA) is 76.4 Å². The summed E-state index contributed by atoms with van der Waals surface area (Å²) in [5.74, 6) is -2.37. The average molecular weight is 446 g/mol. The Balaban J connectivity index is 2.62. The first-order chi connectivity index (χ1) is 13.2. The molecule has 0 radical (unpaired) electrons. The molecule has 1 aromatic carbocycles. The van der Waals surface area contributed by atoms with Gasteiger partial charge in [-0.25, -0.2) is 4.79 Å². The minimum absolute atomic E-state index is 0.0545. The summed E-state index contributed by atoms with van der Waals surface area (Å²) in [4.78, 5) is 11.2. The quantitative estimate of drug-likeness (QED) is 0.599. The zero-order chi connectivity index (χ0) is 22.1. The van der Waals surface area contributed by atoms with E-state index in [1.165, 1.54) is 0 Å². The van der Waals surface area contributed by atoms with E-state index in [1.54, 1.807) is 6.92 Å². The lowest BCUT2D eigenvalue weighted by atomic mass is 10.1. The van der Waals surface area contributed by atoms with E-state index in [9.17, 15) is 31.1 Å². The summed E-state index contributed by atoms with van der Waals surface area (Å²) in [6.45, 7) is 2.39. The number of rotatable bonds is 6. The fraction of sp³-hybridized carbons (Fsp3) is 0.375. The highest BCUT2D eigenvalue weighted by atomic mass is 35.5. The normalized spacial score (nSPS) is 13.3. The van der Waals surface area contributed by atoms with Gasteiger partial charge in [-0.1, -0.05) is 11.6 Å². The van der Waals surface area contributed by atoms with Crippen LogP contribution in [0.4, 0.5) is 32.0 Å². The van der Waals surface area contributed by atoms with Crippen LogP contribution in [0.15, 0.2) is 18.2 Å². The van der Waals surface area contributed by atoms with Gasteiger partial charge in [-0.05, 0) is 26.0 Å². The second-order valence-corrected chi connectivity index (χ2v) is 6.18. The van der Waals surface area contributed by atoms with Crippen molar-refractivity contribution in [1.82, 2.24) is 9.78 Å². The first-order valence-electron chi connectivity index (χ1n) is 7.97. The molecule has 0 saturated heterocycles. The van der Waals surface area contributed by atoms with Gasteiger partial charge in [-0.15, -0.1) is 13.2 Å².